The van der Waals surface area contributed by atoms with Gasteiger partial charge < -0.3 is 30.9 Å². The number of ether oxygens (including phenoxy) is 1. The average Bonchev–Trinajstić information content (AvgIpc) is 2.86. The Morgan fingerprint density at radius 2 is 2.05 bits per heavy atom. The van der Waals surface area contributed by atoms with Crippen molar-refractivity contribution in [1.29, 1.82) is 0 Å². The Kier molecular flexibility index (Phi) is 3.78. The normalized spacial score (nSPS) is 35.3. The topological polar surface area (TPSA) is 164 Å². The van der Waals surface area contributed by atoms with Gasteiger partial charge in [-0.2, -0.15) is 0 Å². The van der Waals surface area contributed by atoms with Gasteiger partial charge in [-0.15, -0.1) is 5.10 Å². The SMILES string of the molecule is NC(=O)c1cn([C@H]2O[C@H](CO)[C@@H](O)[C@H](O)[C@H]2O)nn1. The van der Waals surface area contributed by atoms with Crippen LogP contribution in [0.5, 0.6) is 0 Å². The Hall–Kier alpha value is -1.59. The van der Waals surface area contributed by atoms with Gasteiger partial charge >= 0.3 is 0 Å². The van der Waals surface area contributed by atoms with Gasteiger partial charge in [0.05, 0.1) is 12.8 Å². The molecule has 0 unspecified atom stereocenters. The summed E-state index contributed by atoms with van der Waals surface area (Å²) in [6, 6.07) is 0. The van der Waals surface area contributed by atoms with Crippen molar-refractivity contribution in [3.8, 4) is 0 Å². The number of hydrogen-bond donors (Lipinski definition) is 5. The van der Waals surface area contributed by atoms with Crippen LogP contribution in [0.4, 0.5) is 0 Å². The molecular weight excluding hydrogens is 260 g/mol. The second-order valence-corrected chi connectivity index (χ2v) is 4.17. The van der Waals surface area contributed by atoms with Gasteiger partial charge in [-0.1, -0.05) is 5.21 Å². The van der Waals surface area contributed by atoms with E-state index in [0.717, 1.165) is 10.9 Å². The lowest BCUT2D eigenvalue weighted by Gasteiger charge is -2.39. The number of aliphatic hydroxyl groups is 4. The number of primary amides is 1. The highest BCUT2D eigenvalue weighted by atomic mass is 16.6. The monoisotopic (exact) mass is 274 g/mol. The molecule has 1 amide bonds. The first kappa shape index (κ1) is 13.8. The summed E-state index contributed by atoms with van der Waals surface area (Å²) >= 11 is 0. The van der Waals surface area contributed by atoms with Crippen LogP contribution in [0, 0.1) is 0 Å². The van der Waals surface area contributed by atoms with E-state index in [-0.39, 0.29) is 5.69 Å². The maximum Gasteiger partial charge on any atom is 0.270 e. The molecule has 0 aliphatic carbocycles. The zero-order valence-electron chi connectivity index (χ0n) is 9.70. The summed E-state index contributed by atoms with van der Waals surface area (Å²) in [5, 5.41) is 45.0. The van der Waals surface area contributed by atoms with Gasteiger partial charge in [0.2, 0.25) is 0 Å². The standard InChI is InChI=1S/C9H14N4O6/c10-8(18)3-1-13(12-11-3)9-7(17)6(16)5(15)4(2-14)19-9/h1,4-7,9,14-17H,2H2,(H2,10,18)/t4-,5-,6+,7-,9+/m1/s1. The smallest absolute Gasteiger partial charge is 0.270 e. The molecule has 0 aromatic carbocycles. The van der Waals surface area contributed by atoms with Crippen LogP contribution in [-0.2, 0) is 4.74 Å². The van der Waals surface area contributed by atoms with Crippen LogP contribution < -0.4 is 5.73 Å². The summed E-state index contributed by atoms with van der Waals surface area (Å²) in [4.78, 5) is 10.9. The molecule has 1 aromatic heterocycles. The fourth-order valence-corrected chi connectivity index (χ4v) is 1.81. The molecule has 0 saturated carbocycles. The van der Waals surface area contributed by atoms with Gasteiger partial charge in [0.25, 0.3) is 5.91 Å². The first-order valence-electron chi connectivity index (χ1n) is 5.48. The van der Waals surface area contributed by atoms with E-state index in [2.05, 4.69) is 10.3 Å². The first-order valence-corrected chi connectivity index (χ1v) is 5.48. The highest BCUT2D eigenvalue weighted by molar-refractivity contribution is 5.90. The average molecular weight is 274 g/mol. The van der Waals surface area contributed by atoms with E-state index in [9.17, 15) is 20.1 Å². The number of hydrogen-bond acceptors (Lipinski definition) is 8. The fourth-order valence-electron chi connectivity index (χ4n) is 1.81. The summed E-state index contributed by atoms with van der Waals surface area (Å²) in [5.41, 5.74) is 4.86. The zero-order chi connectivity index (χ0) is 14.2. The van der Waals surface area contributed by atoms with Gasteiger partial charge in [-0.25, -0.2) is 4.68 Å². The predicted molar refractivity (Wildman–Crippen MR) is 57.6 cm³/mol. The zero-order valence-corrected chi connectivity index (χ0v) is 9.70. The van der Waals surface area contributed by atoms with Crippen molar-refractivity contribution in [1.82, 2.24) is 15.0 Å². The van der Waals surface area contributed by atoms with E-state index in [1.165, 1.54) is 0 Å². The number of aromatic nitrogens is 3. The second-order valence-electron chi connectivity index (χ2n) is 4.17. The van der Waals surface area contributed by atoms with E-state index < -0.39 is 43.2 Å². The van der Waals surface area contributed by atoms with Gasteiger partial charge in [0.15, 0.2) is 11.9 Å². The molecule has 1 aromatic rings. The first-order chi connectivity index (χ1) is 8.95. The molecule has 0 bridgehead atoms. The molecule has 1 aliphatic heterocycles. The minimum atomic E-state index is -1.53. The van der Waals surface area contributed by atoms with Gasteiger partial charge in [-0.05, 0) is 0 Å². The van der Waals surface area contributed by atoms with E-state index in [1.807, 2.05) is 0 Å². The summed E-state index contributed by atoms with van der Waals surface area (Å²) < 4.78 is 6.20. The number of rotatable bonds is 3. The molecule has 5 atom stereocenters. The third kappa shape index (κ3) is 2.43. The van der Waals surface area contributed by atoms with Crippen LogP contribution >= 0.6 is 0 Å². The van der Waals surface area contributed by atoms with Crippen LogP contribution in [0.2, 0.25) is 0 Å². The number of nitrogens with zero attached hydrogens (tertiary/aromatic N) is 3. The molecular formula is C9H14N4O6. The van der Waals surface area contributed by atoms with Crippen molar-refractivity contribution in [2.24, 2.45) is 5.73 Å². The van der Waals surface area contributed by atoms with Crippen LogP contribution in [0.1, 0.15) is 16.7 Å². The third-order valence-electron chi connectivity index (χ3n) is 2.89. The molecule has 106 valence electrons. The molecule has 1 fully saturated rings. The quantitative estimate of drug-likeness (QED) is 0.376. The molecule has 1 aliphatic rings. The van der Waals surface area contributed by atoms with Crippen LogP contribution in [-0.4, -0.2) is 72.3 Å². The number of amides is 1. The molecule has 0 spiro atoms. The lowest BCUT2D eigenvalue weighted by molar-refractivity contribution is -0.254. The largest absolute Gasteiger partial charge is 0.394 e. The lowest BCUT2D eigenvalue weighted by Crippen LogP contribution is -2.56. The van der Waals surface area contributed by atoms with Crippen molar-refractivity contribution in [2.75, 3.05) is 6.61 Å². The van der Waals surface area contributed by atoms with Crippen molar-refractivity contribution in [3.05, 3.63) is 11.9 Å². The highest BCUT2D eigenvalue weighted by Gasteiger charge is 2.44. The summed E-state index contributed by atoms with van der Waals surface area (Å²) in [6.07, 6.45) is -5.62. The third-order valence-corrected chi connectivity index (χ3v) is 2.89. The Labute approximate surface area is 107 Å². The number of nitrogens with two attached hydrogens (primary N) is 1. The van der Waals surface area contributed by atoms with Crippen molar-refractivity contribution >= 4 is 5.91 Å². The molecule has 19 heavy (non-hydrogen) atoms. The van der Waals surface area contributed by atoms with E-state index in [1.54, 1.807) is 0 Å². The Bertz CT molecular complexity index is 463. The summed E-state index contributed by atoms with van der Waals surface area (Å²) in [5.74, 6) is -0.809. The van der Waals surface area contributed by atoms with E-state index in [4.69, 9.17) is 15.6 Å². The maximum absolute atomic E-state index is 10.9. The maximum atomic E-state index is 10.9. The van der Waals surface area contributed by atoms with Crippen molar-refractivity contribution in [3.63, 3.8) is 0 Å². The molecule has 2 heterocycles. The predicted octanol–water partition coefficient (Wildman–Crippen LogP) is -3.65. The molecule has 6 N–H and O–H groups in total. The summed E-state index contributed by atoms with van der Waals surface area (Å²) in [6.45, 7) is -0.557. The highest BCUT2D eigenvalue weighted by Crippen LogP contribution is 2.27. The van der Waals surface area contributed by atoms with Crippen LogP contribution in [0.15, 0.2) is 6.20 Å². The van der Waals surface area contributed by atoms with Gasteiger partial charge in [0.1, 0.15) is 24.4 Å². The molecule has 0 radical (unpaired) electrons. The number of carbonyl (C=O) groups is 1. The lowest BCUT2D eigenvalue weighted by atomic mass is 9.98. The van der Waals surface area contributed by atoms with E-state index in [0.29, 0.717) is 0 Å². The van der Waals surface area contributed by atoms with Crippen LogP contribution in [0.3, 0.4) is 0 Å². The fraction of sp³-hybridized carbons (Fsp3) is 0.667. The number of carbonyl (C=O) groups excluding carboxylic acids is 1. The molecule has 1 saturated heterocycles. The van der Waals surface area contributed by atoms with Gasteiger partial charge in [0, 0.05) is 0 Å². The molecule has 10 heteroatoms. The summed E-state index contributed by atoms with van der Waals surface area (Å²) in [7, 11) is 0. The second kappa shape index (κ2) is 5.19. The van der Waals surface area contributed by atoms with E-state index >= 15 is 0 Å². The minimum absolute atomic E-state index is 0.142. The van der Waals surface area contributed by atoms with Crippen molar-refractivity contribution < 1.29 is 30.0 Å². The van der Waals surface area contributed by atoms with Crippen LogP contribution in [0.25, 0.3) is 0 Å². The Morgan fingerprint density at radius 3 is 2.58 bits per heavy atom. The number of aliphatic hydroxyl groups excluding tert-OH is 4. The Balaban J connectivity index is 2.24. The molecule has 10 nitrogen and oxygen atoms in total. The van der Waals surface area contributed by atoms with Gasteiger partial charge in [-0.3, -0.25) is 4.79 Å². The minimum Gasteiger partial charge on any atom is -0.394 e. The van der Waals surface area contributed by atoms with Crippen molar-refractivity contribution in [2.45, 2.75) is 30.6 Å². The molecule has 2 rings (SSSR count). The Morgan fingerprint density at radius 1 is 1.37 bits per heavy atom.